The largest absolute Gasteiger partial charge is 0.508 e. The number of hydrogen-bond acceptors (Lipinski definition) is 6. The van der Waals surface area contributed by atoms with Crippen LogP contribution in [-0.4, -0.2) is 29.6 Å². The van der Waals surface area contributed by atoms with Crippen molar-refractivity contribution in [2.75, 3.05) is 6.79 Å². The van der Waals surface area contributed by atoms with Gasteiger partial charge in [0.25, 0.3) is 0 Å². The van der Waals surface area contributed by atoms with Crippen molar-refractivity contribution in [3.05, 3.63) is 119 Å². The van der Waals surface area contributed by atoms with Crippen molar-refractivity contribution >= 4 is 0 Å². The zero-order valence-corrected chi connectivity index (χ0v) is 21.0. The fourth-order valence-electron chi connectivity index (χ4n) is 3.75. The molecule has 2 atom stereocenters. The molecule has 4 rings (SSSR count). The van der Waals surface area contributed by atoms with E-state index in [1.165, 1.54) is 0 Å². The third-order valence-corrected chi connectivity index (χ3v) is 5.75. The van der Waals surface area contributed by atoms with Crippen molar-refractivity contribution < 1.29 is 29.2 Å². The Balaban J connectivity index is 1.15. The SMILES string of the molecule is CC(OCOC(C)Oc1ccc(Cc2ccc(O)cc2)cc1)Oc1ccc(Cc2ccc(O)cc2)cc1. The molecule has 0 aliphatic heterocycles. The predicted molar refractivity (Wildman–Crippen MR) is 142 cm³/mol. The fraction of sp³-hybridized carbons (Fsp3) is 0.226. The number of hydrogen-bond donors (Lipinski definition) is 2. The van der Waals surface area contributed by atoms with E-state index in [1.807, 2.05) is 86.6 Å². The van der Waals surface area contributed by atoms with E-state index in [4.69, 9.17) is 18.9 Å². The van der Waals surface area contributed by atoms with Gasteiger partial charge in [0.1, 0.15) is 23.0 Å². The summed E-state index contributed by atoms with van der Waals surface area (Å²) < 4.78 is 22.9. The first-order chi connectivity index (χ1) is 17.9. The Kier molecular flexibility index (Phi) is 9.03. The highest BCUT2D eigenvalue weighted by molar-refractivity contribution is 5.35. The summed E-state index contributed by atoms with van der Waals surface area (Å²) in [5.41, 5.74) is 4.55. The van der Waals surface area contributed by atoms with Crippen molar-refractivity contribution in [2.24, 2.45) is 0 Å². The highest BCUT2D eigenvalue weighted by atomic mass is 16.8. The molecule has 0 saturated heterocycles. The number of aromatic hydroxyl groups is 2. The lowest BCUT2D eigenvalue weighted by molar-refractivity contribution is -0.196. The molecule has 2 N–H and O–H groups in total. The highest BCUT2D eigenvalue weighted by Gasteiger charge is 2.09. The Labute approximate surface area is 217 Å². The van der Waals surface area contributed by atoms with Crippen LogP contribution < -0.4 is 9.47 Å². The highest BCUT2D eigenvalue weighted by Crippen LogP contribution is 2.20. The summed E-state index contributed by atoms with van der Waals surface area (Å²) in [7, 11) is 0. The van der Waals surface area contributed by atoms with Gasteiger partial charge >= 0.3 is 0 Å². The molecule has 2 unspecified atom stereocenters. The van der Waals surface area contributed by atoms with E-state index >= 15 is 0 Å². The van der Waals surface area contributed by atoms with Crippen LogP contribution in [0.1, 0.15) is 36.1 Å². The van der Waals surface area contributed by atoms with Crippen LogP contribution in [0.2, 0.25) is 0 Å². The van der Waals surface area contributed by atoms with Gasteiger partial charge in [-0.1, -0.05) is 48.5 Å². The van der Waals surface area contributed by atoms with Crippen LogP contribution in [0, 0.1) is 0 Å². The molecule has 0 fully saturated rings. The fourth-order valence-corrected chi connectivity index (χ4v) is 3.75. The zero-order valence-electron chi connectivity index (χ0n) is 21.0. The maximum atomic E-state index is 9.41. The first-order valence-corrected chi connectivity index (χ1v) is 12.2. The lowest BCUT2D eigenvalue weighted by atomic mass is 10.0. The van der Waals surface area contributed by atoms with Crippen molar-refractivity contribution in [1.82, 2.24) is 0 Å². The summed E-state index contributed by atoms with van der Waals surface area (Å²) in [6.07, 6.45) is 0.572. The minimum Gasteiger partial charge on any atom is -0.508 e. The van der Waals surface area contributed by atoms with E-state index in [-0.39, 0.29) is 18.3 Å². The predicted octanol–water partition coefficient (Wildman–Crippen LogP) is 6.42. The van der Waals surface area contributed by atoms with Gasteiger partial charge in [-0.15, -0.1) is 0 Å². The molecular weight excluding hydrogens is 468 g/mol. The van der Waals surface area contributed by atoms with Gasteiger partial charge in [-0.05, 0) is 97.5 Å². The van der Waals surface area contributed by atoms with Gasteiger partial charge in [-0.2, -0.15) is 0 Å². The molecule has 0 radical (unpaired) electrons. The topological polar surface area (TPSA) is 77.4 Å². The van der Waals surface area contributed by atoms with Gasteiger partial charge in [-0.3, -0.25) is 0 Å². The second-order valence-electron chi connectivity index (χ2n) is 8.80. The van der Waals surface area contributed by atoms with Gasteiger partial charge in [-0.25, -0.2) is 0 Å². The standard InChI is InChI=1S/C31H32O6/c1-22(36-30-15-7-26(8-16-30)19-24-3-11-28(32)12-4-24)34-21-35-23(2)37-31-17-9-27(10-18-31)20-25-5-13-29(33)14-6-25/h3-18,22-23,32-33H,19-21H2,1-2H3. The molecule has 0 spiro atoms. The Morgan fingerprint density at radius 2 is 0.784 bits per heavy atom. The van der Waals surface area contributed by atoms with E-state index < -0.39 is 12.6 Å². The molecule has 0 aromatic heterocycles. The van der Waals surface area contributed by atoms with Crippen molar-refractivity contribution in [3.63, 3.8) is 0 Å². The molecule has 0 amide bonds. The normalized spacial score (nSPS) is 12.6. The molecule has 4 aromatic carbocycles. The summed E-state index contributed by atoms with van der Waals surface area (Å²) in [5, 5.41) is 18.8. The second-order valence-corrected chi connectivity index (χ2v) is 8.80. The van der Waals surface area contributed by atoms with Crippen LogP contribution in [0.15, 0.2) is 97.1 Å². The second kappa shape index (κ2) is 12.8. The van der Waals surface area contributed by atoms with Crippen LogP contribution in [0.25, 0.3) is 0 Å². The molecular formula is C31H32O6. The third-order valence-electron chi connectivity index (χ3n) is 5.75. The molecule has 6 heteroatoms. The summed E-state index contributed by atoms with van der Waals surface area (Å²) in [5.74, 6) is 1.95. The molecule has 37 heavy (non-hydrogen) atoms. The van der Waals surface area contributed by atoms with E-state index in [2.05, 4.69) is 0 Å². The monoisotopic (exact) mass is 500 g/mol. The van der Waals surface area contributed by atoms with Gasteiger partial charge in [0.15, 0.2) is 19.4 Å². The van der Waals surface area contributed by atoms with Crippen LogP contribution in [0.3, 0.4) is 0 Å². The van der Waals surface area contributed by atoms with Gasteiger partial charge < -0.3 is 29.2 Å². The average molecular weight is 501 g/mol. The molecule has 0 saturated carbocycles. The minimum absolute atomic E-state index is 0.0280. The zero-order chi connectivity index (χ0) is 26.0. The Morgan fingerprint density at radius 3 is 1.11 bits per heavy atom. The number of phenolic OH excluding ortho intramolecular Hbond substituents is 2. The molecule has 0 aliphatic carbocycles. The Morgan fingerprint density at radius 1 is 0.486 bits per heavy atom. The summed E-state index contributed by atoms with van der Waals surface area (Å²) in [4.78, 5) is 0. The molecule has 6 nitrogen and oxygen atoms in total. The van der Waals surface area contributed by atoms with Crippen molar-refractivity contribution in [2.45, 2.75) is 39.3 Å². The average Bonchev–Trinajstić information content (AvgIpc) is 2.89. The Bertz CT molecular complexity index is 1120. The van der Waals surface area contributed by atoms with Gasteiger partial charge in [0, 0.05) is 0 Å². The number of benzene rings is 4. The van der Waals surface area contributed by atoms with Gasteiger partial charge in [0.2, 0.25) is 0 Å². The maximum Gasteiger partial charge on any atom is 0.199 e. The lowest BCUT2D eigenvalue weighted by Crippen LogP contribution is -2.23. The van der Waals surface area contributed by atoms with Crippen molar-refractivity contribution in [1.29, 1.82) is 0 Å². The van der Waals surface area contributed by atoms with E-state index in [0.29, 0.717) is 11.5 Å². The van der Waals surface area contributed by atoms with E-state index in [0.717, 1.165) is 35.1 Å². The molecule has 4 aromatic rings. The number of rotatable bonds is 12. The van der Waals surface area contributed by atoms with Crippen LogP contribution in [0.4, 0.5) is 0 Å². The molecule has 0 bridgehead atoms. The van der Waals surface area contributed by atoms with Crippen LogP contribution >= 0.6 is 0 Å². The van der Waals surface area contributed by atoms with E-state index in [9.17, 15) is 10.2 Å². The smallest absolute Gasteiger partial charge is 0.199 e. The van der Waals surface area contributed by atoms with Crippen LogP contribution in [-0.2, 0) is 22.3 Å². The molecule has 0 heterocycles. The van der Waals surface area contributed by atoms with E-state index in [1.54, 1.807) is 24.3 Å². The third kappa shape index (κ3) is 8.56. The maximum absolute atomic E-state index is 9.41. The molecule has 192 valence electrons. The van der Waals surface area contributed by atoms with Gasteiger partial charge in [0.05, 0.1) is 0 Å². The summed E-state index contributed by atoms with van der Waals surface area (Å²) in [6, 6.07) is 30.1. The van der Waals surface area contributed by atoms with Crippen molar-refractivity contribution in [3.8, 4) is 23.0 Å². The first kappa shape index (κ1) is 26.1. The first-order valence-electron chi connectivity index (χ1n) is 12.2. The quantitative estimate of drug-likeness (QED) is 0.219. The minimum atomic E-state index is -0.491. The molecule has 0 aliphatic rings. The number of ether oxygens (including phenoxy) is 4. The summed E-state index contributed by atoms with van der Waals surface area (Å²) in [6.45, 7) is 3.65. The Hall–Kier alpha value is -4.00. The van der Waals surface area contributed by atoms with Crippen LogP contribution in [0.5, 0.6) is 23.0 Å². The number of phenols is 2. The summed E-state index contributed by atoms with van der Waals surface area (Å²) >= 11 is 0. The lowest BCUT2D eigenvalue weighted by Gasteiger charge is -2.19.